The van der Waals surface area contributed by atoms with Crippen molar-refractivity contribution in [3.63, 3.8) is 0 Å². The number of halogens is 1. The maximum absolute atomic E-state index is 8.80. The third-order valence-electron chi connectivity index (χ3n) is 0. The molecule has 0 saturated heterocycles. The first kappa shape index (κ1) is 49.5. The van der Waals surface area contributed by atoms with Crippen molar-refractivity contribution < 1.29 is 34.1 Å². The zero-order valence-corrected chi connectivity index (χ0v) is 3.68. The standard InChI is InChI=1S/FH.6K.Mn.2H2O.2O.6H/h1H;;;;;;;;2*1H2;;;;;;;;/q;;;;;;;+2;;;;;;;;;;/p-2. The molecule has 2 N–H and O–H groups in total. The molecule has 0 unspecified atom stereocenters. The van der Waals surface area contributed by atoms with Crippen LogP contribution in [-0.2, 0) is 21.0 Å². The Bertz CT molecular complexity index is 103. The van der Waals surface area contributed by atoms with E-state index in [1.165, 1.54) is 0 Å². The maximum atomic E-state index is 8.80. The Hall–Kier alpha value is 9.79. The van der Waals surface area contributed by atoms with Crippen molar-refractivity contribution in [2.24, 2.45) is 0 Å². The Morgan fingerprint density at radius 3 is 0.667 bits per heavy atom. The molecule has 12 heavy (non-hydrogen) atoms. The van der Waals surface area contributed by atoms with Crippen LogP contribution in [0.4, 0.5) is 4.70 Å². The molecule has 0 rings (SSSR count). The van der Waals surface area contributed by atoms with Gasteiger partial charge in [0.2, 0.25) is 0 Å². The van der Waals surface area contributed by atoms with Crippen molar-refractivity contribution >= 4 is 308 Å². The van der Waals surface area contributed by atoms with Crippen LogP contribution >= 0.6 is 0 Å². The predicted molar refractivity (Wildman–Crippen MR) is 51.2 cm³/mol. The molecule has 0 atom stereocenters. The fourth-order valence-electron chi connectivity index (χ4n) is 0. The summed E-state index contributed by atoms with van der Waals surface area (Å²) in [7, 11) is 0. The summed E-state index contributed by atoms with van der Waals surface area (Å²) in [6, 6.07) is 0. The Kier molecular flexibility index (Phi) is 135. The van der Waals surface area contributed by atoms with Gasteiger partial charge in [0.05, 0.1) is 0 Å². The molecular weight excluding hydrogens is 373 g/mol. The normalized spacial score (nSPS) is 4.83. The van der Waals surface area contributed by atoms with Crippen molar-refractivity contribution in [2.75, 3.05) is 0 Å². The molecular formula is H9FK6MnO4. The summed E-state index contributed by atoms with van der Waals surface area (Å²) in [6.07, 6.45) is 0. The van der Waals surface area contributed by atoms with Crippen LogP contribution in [0.1, 0.15) is 0 Å². The molecule has 0 aromatic carbocycles. The summed E-state index contributed by atoms with van der Waals surface area (Å²) in [5.74, 6) is 0. The molecule has 0 aromatic heterocycles. The van der Waals surface area contributed by atoms with Gasteiger partial charge in [0.1, 0.15) is 0 Å². The molecule has 0 bridgehead atoms. The number of hydrogen-bond acceptors (Lipinski definition) is 2. The average Bonchev–Trinajstić information content (AvgIpc) is 0.722. The van der Waals surface area contributed by atoms with Crippen molar-refractivity contribution in [1.29, 1.82) is 0 Å². The van der Waals surface area contributed by atoms with E-state index >= 15 is 0 Å². The molecule has 0 amide bonds. The fourth-order valence-corrected chi connectivity index (χ4v) is 0. The van der Waals surface area contributed by atoms with Crippen LogP contribution < -0.4 is 0 Å². The van der Waals surface area contributed by atoms with Gasteiger partial charge in [-0.25, -0.2) is 0 Å². The number of rotatable bonds is 0. The van der Waals surface area contributed by atoms with Gasteiger partial charge in [-0.2, -0.15) is 0 Å². The zero-order chi connectivity index (χ0) is 4.50. The summed E-state index contributed by atoms with van der Waals surface area (Å²) in [5.41, 5.74) is 0. The molecule has 12 heteroatoms. The zero-order valence-electron chi connectivity index (χ0n) is 2.50. The van der Waals surface area contributed by atoms with Gasteiger partial charge in [-0.05, 0) is 0 Å². The van der Waals surface area contributed by atoms with Gasteiger partial charge in [-0.3, -0.25) is 4.70 Å². The Balaban J connectivity index is -0.00000000381. The summed E-state index contributed by atoms with van der Waals surface area (Å²) in [6.45, 7) is 0. The predicted octanol–water partition coefficient (Wildman–Crippen LogP) is -5.09. The van der Waals surface area contributed by atoms with E-state index in [4.69, 9.17) is 16.0 Å². The first-order valence-corrected chi connectivity index (χ1v) is 2.67. The van der Waals surface area contributed by atoms with E-state index in [1.54, 1.807) is 0 Å². The average molecular weight is 382 g/mol. The van der Waals surface area contributed by atoms with Crippen LogP contribution in [0.2, 0.25) is 0 Å². The van der Waals surface area contributed by atoms with Crippen molar-refractivity contribution in [1.82, 2.24) is 0 Å². The van der Waals surface area contributed by atoms with E-state index in [0.717, 1.165) is 0 Å². The topological polar surface area (TPSA) is 74.6 Å². The molecule has 0 spiro atoms. The monoisotopic (exact) mass is 381 g/mol. The van der Waals surface area contributed by atoms with Crippen LogP contribution in [0.25, 0.3) is 0 Å². The van der Waals surface area contributed by atoms with Crippen LogP contribution in [0.3, 0.4) is 0 Å². The molecule has 53 valence electrons. The van der Waals surface area contributed by atoms with E-state index in [1.807, 2.05) is 0 Å². The molecule has 0 saturated carbocycles. The second kappa shape index (κ2) is 32.7. The molecule has 0 radical (unpaired) electrons. The van der Waals surface area contributed by atoms with E-state index in [-0.39, 0.29) is 313 Å². The van der Waals surface area contributed by atoms with Gasteiger partial charge in [0.15, 0.2) is 0 Å². The Morgan fingerprint density at radius 1 is 0.667 bits per heavy atom. The second-order valence-corrected chi connectivity index (χ2v) is 1.71. The van der Waals surface area contributed by atoms with Gasteiger partial charge in [0, 0.05) is 0 Å². The summed E-state index contributed by atoms with van der Waals surface area (Å²) < 4.78 is 31.8. The molecule has 0 aliphatic rings. The van der Waals surface area contributed by atoms with Crippen LogP contribution in [-0.4, -0.2) is 317 Å². The summed E-state index contributed by atoms with van der Waals surface area (Å²) in [4.78, 5) is 0. The SMILES string of the molecule is F.[KH].[KH].[KH].[KH].[KH].[KH].[O]=[Mn](=[O])([OH])[OH]. The van der Waals surface area contributed by atoms with Crippen LogP contribution in [0, 0.1) is 0 Å². The minimum atomic E-state index is -5.12. The first-order valence-electron chi connectivity index (χ1n) is 0.647. The second-order valence-electron chi connectivity index (χ2n) is 0.415. The molecule has 4 nitrogen and oxygen atoms in total. The minimum absolute atomic E-state index is 0. The third-order valence-corrected chi connectivity index (χ3v) is 0. The Morgan fingerprint density at radius 2 is 0.667 bits per heavy atom. The van der Waals surface area contributed by atoms with Gasteiger partial charge in [-0.15, -0.1) is 0 Å². The van der Waals surface area contributed by atoms with E-state index < -0.39 is 13.4 Å². The number of hydrogen-bond donors (Lipinski definition) is 2. The molecule has 0 aromatic rings. The molecule has 0 aliphatic heterocycles. The first-order chi connectivity index (χ1) is 2.00. The third kappa shape index (κ3) is 72.9. The van der Waals surface area contributed by atoms with E-state index in [2.05, 4.69) is 0 Å². The quantitative estimate of drug-likeness (QED) is 0.412. The van der Waals surface area contributed by atoms with Gasteiger partial charge in [0.25, 0.3) is 0 Å². The van der Waals surface area contributed by atoms with Crippen molar-refractivity contribution in [2.45, 2.75) is 0 Å². The summed E-state index contributed by atoms with van der Waals surface area (Å²) in [5, 5.41) is 0. The van der Waals surface area contributed by atoms with Crippen LogP contribution in [0.5, 0.6) is 0 Å². The van der Waals surface area contributed by atoms with Gasteiger partial charge in [-0.1, -0.05) is 0 Å². The van der Waals surface area contributed by atoms with Crippen molar-refractivity contribution in [3.8, 4) is 0 Å². The summed E-state index contributed by atoms with van der Waals surface area (Å²) >= 11 is -5.12. The molecule has 0 aliphatic carbocycles. The van der Waals surface area contributed by atoms with E-state index in [9.17, 15) is 0 Å². The Labute approximate surface area is 329 Å². The molecule has 0 heterocycles. The van der Waals surface area contributed by atoms with Gasteiger partial charge >= 0.3 is 338 Å². The molecule has 0 fully saturated rings. The van der Waals surface area contributed by atoms with Gasteiger partial charge < -0.3 is 0 Å². The van der Waals surface area contributed by atoms with Crippen molar-refractivity contribution in [3.05, 3.63) is 0 Å². The van der Waals surface area contributed by atoms with E-state index in [0.29, 0.717) is 0 Å². The van der Waals surface area contributed by atoms with Crippen LogP contribution in [0.15, 0.2) is 0 Å². The fraction of sp³-hybridized carbons (Fsp3) is 0.